The number of hydrogen-bond acceptors (Lipinski definition) is 3. The van der Waals surface area contributed by atoms with Gasteiger partial charge in [-0.25, -0.2) is 0 Å². The fourth-order valence-electron chi connectivity index (χ4n) is 1.88. The molecule has 0 aliphatic rings. The Morgan fingerprint density at radius 1 is 1.11 bits per heavy atom. The Hall–Kier alpha value is -0.610. The van der Waals surface area contributed by atoms with Crippen LogP contribution >= 0.6 is 0 Å². The summed E-state index contributed by atoms with van der Waals surface area (Å²) < 4.78 is 5.03. The predicted octanol–water partition coefficient (Wildman–Crippen LogP) is 2.17. The normalized spacial score (nSPS) is 10.6. The summed E-state index contributed by atoms with van der Waals surface area (Å²) >= 11 is 0. The molecule has 0 heterocycles. The minimum Gasteiger partial charge on any atom is -0.383 e. The van der Waals surface area contributed by atoms with E-state index in [9.17, 15) is 4.79 Å². The molecule has 4 nitrogen and oxygen atoms in total. The van der Waals surface area contributed by atoms with Gasteiger partial charge in [-0.15, -0.1) is 0 Å². The summed E-state index contributed by atoms with van der Waals surface area (Å²) in [6.07, 6.45) is 7.45. The first kappa shape index (κ1) is 17.4. The highest BCUT2D eigenvalue weighted by Crippen LogP contribution is 2.07. The Bertz CT molecular complexity index is 190. The van der Waals surface area contributed by atoms with Crippen LogP contribution in [0.25, 0.3) is 0 Å². The first-order valence-corrected chi connectivity index (χ1v) is 7.23. The minimum atomic E-state index is 0.247. The topological polar surface area (TPSA) is 55.6 Å². The highest BCUT2D eigenvalue weighted by atomic mass is 16.5. The number of rotatable bonds is 12. The zero-order chi connectivity index (χ0) is 13.6. The molecule has 0 aromatic carbocycles. The lowest BCUT2D eigenvalue weighted by atomic mass is 10.1. The molecule has 0 aromatic heterocycles. The molecule has 2 N–H and O–H groups in total. The number of unbranched alkanes of at least 4 members (excludes halogenated alkanes) is 4. The van der Waals surface area contributed by atoms with Gasteiger partial charge in [0.15, 0.2) is 0 Å². The van der Waals surface area contributed by atoms with Crippen molar-refractivity contribution in [3.63, 3.8) is 0 Å². The van der Waals surface area contributed by atoms with Crippen LogP contribution in [0.15, 0.2) is 0 Å². The summed E-state index contributed by atoms with van der Waals surface area (Å²) in [5, 5.41) is 0. The average Bonchev–Trinajstić information content (AvgIpc) is 2.38. The molecule has 1 amide bonds. The molecule has 0 radical (unpaired) electrons. The molecule has 0 fully saturated rings. The van der Waals surface area contributed by atoms with Crippen LogP contribution in [0.5, 0.6) is 0 Å². The number of methoxy groups -OCH3 is 1. The van der Waals surface area contributed by atoms with E-state index in [4.69, 9.17) is 10.5 Å². The van der Waals surface area contributed by atoms with E-state index >= 15 is 0 Å². The summed E-state index contributed by atoms with van der Waals surface area (Å²) in [6, 6.07) is 0. The Morgan fingerprint density at radius 2 is 1.83 bits per heavy atom. The van der Waals surface area contributed by atoms with Crippen molar-refractivity contribution in [3.05, 3.63) is 0 Å². The van der Waals surface area contributed by atoms with E-state index in [-0.39, 0.29) is 5.91 Å². The molecule has 0 aromatic rings. The first-order valence-electron chi connectivity index (χ1n) is 7.23. The van der Waals surface area contributed by atoms with Crippen LogP contribution < -0.4 is 5.73 Å². The molecular formula is C14H30N2O2. The fraction of sp³-hybridized carbons (Fsp3) is 0.929. The molecule has 0 aliphatic carbocycles. The van der Waals surface area contributed by atoms with Crippen LogP contribution in [0.2, 0.25) is 0 Å². The van der Waals surface area contributed by atoms with Gasteiger partial charge in [0, 0.05) is 26.6 Å². The van der Waals surface area contributed by atoms with Gasteiger partial charge in [-0.05, 0) is 19.4 Å². The van der Waals surface area contributed by atoms with Crippen molar-refractivity contribution in [1.82, 2.24) is 4.90 Å². The maximum Gasteiger partial charge on any atom is 0.222 e. The largest absolute Gasteiger partial charge is 0.383 e. The average molecular weight is 258 g/mol. The maximum atomic E-state index is 12.0. The van der Waals surface area contributed by atoms with Gasteiger partial charge in [0.05, 0.1) is 6.61 Å². The third-order valence-electron chi connectivity index (χ3n) is 3.04. The lowest BCUT2D eigenvalue weighted by Gasteiger charge is -2.22. The van der Waals surface area contributed by atoms with E-state index in [2.05, 4.69) is 6.92 Å². The predicted molar refractivity (Wildman–Crippen MR) is 75.5 cm³/mol. The van der Waals surface area contributed by atoms with Gasteiger partial charge < -0.3 is 15.4 Å². The number of nitrogens with zero attached hydrogens (tertiary/aromatic N) is 1. The van der Waals surface area contributed by atoms with E-state index in [1.807, 2.05) is 4.90 Å². The second-order valence-electron chi connectivity index (χ2n) is 4.68. The molecule has 0 bridgehead atoms. The van der Waals surface area contributed by atoms with Gasteiger partial charge >= 0.3 is 0 Å². The lowest BCUT2D eigenvalue weighted by Crippen LogP contribution is -2.35. The van der Waals surface area contributed by atoms with E-state index in [1.165, 1.54) is 19.3 Å². The van der Waals surface area contributed by atoms with Gasteiger partial charge in [-0.2, -0.15) is 0 Å². The second-order valence-corrected chi connectivity index (χ2v) is 4.68. The molecular weight excluding hydrogens is 228 g/mol. The van der Waals surface area contributed by atoms with E-state index in [0.29, 0.717) is 26.1 Å². The molecule has 108 valence electrons. The zero-order valence-corrected chi connectivity index (χ0v) is 12.1. The van der Waals surface area contributed by atoms with Gasteiger partial charge in [0.1, 0.15) is 0 Å². The third kappa shape index (κ3) is 9.42. The highest BCUT2D eigenvalue weighted by molar-refractivity contribution is 5.76. The number of amides is 1. The molecule has 0 spiro atoms. The summed E-state index contributed by atoms with van der Waals surface area (Å²) in [6.45, 7) is 4.88. The Morgan fingerprint density at radius 3 is 2.44 bits per heavy atom. The quantitative estimate of drug-likeness (QED) is 0.546. The summed E-state index contributed by atoms with van der Waals surface area (Å²) in [5.74, 6) is 0.247. The van der Waals surface area contributed by atoms with E-state index < -0.39 is 0 Å². The Labute approximate surface area is 112 Å². The molecule has 18 heavy (non-hydrogen) atoms. The number of hydrogen-bond donors (Lipinski definition) is 1. The standard InChI is InChI=1S/C14H30N2O2/c1-3-4-5-6-7-9-14(17)16(11-8-10-15)12-13-18-2/h3-13,15H2,1-2H3. The molecule has 0 aliphatic heterocycles. The summed E-state index contributed by atoms with van der Waals surface area (Å²) in [4.78, 5) is 13.9. The monoisotopic (exact) mass is 258 g/mol. The third-order valence-corrected chi connectivity index (χ3v) is 3.04. The number of nitrogens with two attached hydrogens (primary N) is 1. The molecule has 0 unspecified atom stereocenters. The van der Waals surface area contributed by atoms with Crippen LogP contribution in [0.3, 0.4) is 0 Å². The summed E-state index contributed by atoms with van der Waals surface area (Å²) in [5.41, 5.74) is 5.49. The molecule has 4 heteroatoms. The van der Waals surface area contributed by atoms with Crippen molar-refractivity contribution in [2.45, 2.75) is 51.9 Å². The van der Waals surface area contributed by atoms with Gasteiger partial charge in [0.2, 0.25) is 5.91 Å². The van der Waals surface area contributed by atoms with Gasteiger partial charge in [-0.3, -0.25) is 4.79 Å². The zero-order valence-electron chi connectivity index (χ0n) is 12.1. The van der Waals surface area contributed by atoms with E-state index in [1.54, 1.807) is 7.11 Å². The molecule has 0 saturated heterocycles. The summed E-state index contributed by atoms with van der Waals surface area (Å²) in [7, 11) is 1.66. The van der Waals surface area contributed by atoms with Gasteiger partial charge in [-0.1, -0.05) is 32.6 Å². The van der Waals surface area contributed by atoms with Crippen molar-refractivity contribution >= 4 is 5.91 Å². The van der Waals surface area contributed by atoms with Crippen LogP contribution in [-0.4, -0.2) is 44.2 Å². The van der Waals surface area contributed by atoms with Crippen LogP contribution in [0.1, 0.15) is 51.9 Å². The first-order chi connectivity index (χ1) is 8.76. The van der Waals surface area contributed by atoms with Crippen molar-refractivity contribution < 1.29 is 9.53 Å². The highest BCUT2D eigenvalue weighted by Gasteiger charge is 2.11. The number of ether oxygens (including phenoxy) is 1. The second kappa shape index (κ2) is 12.8. The van der Waals surface area contributed by atoms with Crippen molar-refractivity contribution in [2.24, 2.45) is 5.73 Å². The minimum absolute atomic E-state index is 0.247. The SMILES string of the molecule is CCCCCCCC(=O)N(CCCN)CCOC. The lowest BCUT2D eigenvalue weighted by molar-refractivity contribution is -0.132. The Balaban J connectivity index is 3.80. The van der Waals surface area contributed by atoms with Crippen LogP contribution in [0, 0.1) is 0 Å². The smallest absolute Gasteiger partial charge is 0.222 e. The van der Waals surface area contributed by atoms with Crippen molar-refractivity contribution in [2.75, 3.05) is 33.4 Å². The number of carbonyl (C=O) groups excluding carboxylic acids is 1. The van der Waals surface area contributed by atoms with E-state index in [0.717, 1.165) is 25.8 Å². The van der Waals surface area contributed by atoms with Gasteiger partial charge in [0.25, 0.3) is 0 Å². The molecule has 0 atom stereocenters. The maximum absolute atomic E-state index is 12.0. The fourth-order valence-corrected chi connectivity index (χ4v) is 1.88. The van der Waals surface area contributed by atoms with Crippen LogP contribution in [-0.2, 0) is 9.53 Å². The molecule has 0 rings (SSSR count). The number of carbonyl (C=O) groups is 1. The Kier molecular flexibility index (Phi) is 12.4. The van der Waals surface area contributed by atoms with Crippen molar-refractivity contribution in [1.29, 1.82) is 0 Å². The van der Waals surface area contributed by atoms with Crippen LogP contribution in [0.4, 0.5) is 0 Å². The molecule has 0 saturated carbocycles. The van der Waals surface area contributed by atoms with Crippen molar-refractivity contribution in [3.8, 4) is 0 Å².